The van der Waals surface area contributed by atoms with E-state index in [1.165, 1.54) is 24.3 Å². The van der Waals surface area contributed by atoms with Crippen molar-refractivity contribution in [1.29, 1.82) is 0 Å². The lowest BCUT2D eigenvalue weighted by atomic mass is 10.1. The minimum Gasteiger partial charge on any atom is -0.454 e. The first-order valence-electron chi connectivity index (χ1n) is 8.51. The molecule has 9 heteroatoms. The number of rotatable bonds is 5. The van der Waals surface area contributed by atoms with E-state index in [-0.39, 0.29) is 28.0 Å². The fourth-order valence-electron chi connectivity index (χ4n) is 2.81. The molecule has 1 heterocycles. The number of halogens is 1. The molecule has 0 radical (unpaired) electrons. The van der Waals surface area contributed by atoms with E-state index in [0.29, 0.717) is 17.2 Å². The zero-order chi connectivity index (χ0) is 20.4. The van der Waals surface area contributed by atoms with Crippen LogP contribution in [0.3, 0.4) is 0 Å². The molecule has 0 saturated heterocycles. The molecule has 148 valence electrons. The Hall–Kier alpha value is -3.23. The highest BCUT2D eigenvalue weighted by Crippen LogP contribution is 2.34. The van der Waals surface area contributed by atoms with Gasteiger partial charge in [-0.1, -0.05) is 35.9 Å². The average molecular weight is 431 g/mol. The number of sulfonamides is 1. The monoisotopic (exact) mass is 430 g/mol. The summed E-state index contributed by atoms with van der Waals surface area (Å²) in [7, 11) is -3.98. The number of hydrogen-bond donors (Lipinski definition) is 2. The summed E-state index contributed by atoms with van der Waals surface area (Å²) in [5.74, 6) is 0.632. The van der Waals surface area contributed by atoms with Crippen LogP contribution in [-0.4, -0.2) is 21.1 Å². The van der Waals surface area contributed by atoms with Crippen molar-refractivity contribution in [3.8, 4) is 11.5 Å². The number of hydrogen-bond acceptors (Lipinski definition) is 5. The quantitative estimate of drug-likeness (QED) is 0.635. The Morgan fingerprint density at radius 3 is 2.48 bits per heavy atom. The second kappa shape index (κ2) is 7.65. The molecule has 0 fully saturated rings. The summed E-state index contributed by atoms with van der Waals surface area (Å²) >= 11 is 6.01. The zero-order valence-corrected chi connectivity index (χ0v) is 16.5. The molecule has 1 amide bonds. The Labute approximate surface area is 172 Å². The van der Waals surface area contributed by atoms with E-state index < -0.39 is 15.9 Å². The van der Waals surface area contributed by atoms with Crippen molar-refractivity contribution in [2.24, 2.45) is 0 Å². The highest BCUT2D eigenvalue weighted by Gasteiger charge is 2.21. The maximum atomic E-state index is 12.8. The summed E-state index contributed by atoms with van der Waals surface area (Å²) in [6.45, 7) is 0.124. The first-order chi connectivity index (χ1) is 13.9. The van der Waals surface area contributed by atoms with Crippen LogP contribution >= 0.6 is 11.6 Å². The smallest absolute Gasteiger partial charge is 0.263 e. The molecule has 3 aromatic rings. The lowest BCUT2D eigenvalue weighted by Crippen LogP contribution is -2.18. The highest BCUT2D eigenvalue weighted by atomic mass is 35.5. The Bertz CT molecular complexity index is 1200. The maximum absolute atomic E-state index is 12.8. The molecule has 1 aliphatic heterocycles. The summed E-state index contributed by atoms with van der Waals surface area (Å²) in [5, 5.41) is 2.82. The van der Waals surface area contributed by atoms with E-state index in [4.69, 9.17) is 21.1 Å². The molecule has 1 aliphatic rings. The molecule has 0 bridgehead atoms. The number of nitrogens with one attached hydrogen (secondary N) is 2. The number of fused-ring (bicyclic) bond motifs is 1. The molecule has 0 unspecified atom stereocenters. The van der Waals surface area contributed by atoms with E-state index >= 15 is 0 Å². The van der Waals surface area contributed by atoms with Crippen molar-refractivity contribution in [2.75, 3.05) is 16.8 Å². The molecule has 29 heavy (non-hydrogen) atoms. The number of anilines is 2. The summed E-state index contributed by atoms with van der Waals surface area (Å²) in [6, 6.07) is 17.4. The highest BCUT2D eigenvalue weighted by molar-refractivity contribution is 7.92. The van der Waals surface area contributed by atoms with Gasteiger partial charge in [-0.05, 0) is 36.4 Å². The van der Waals surface area contributed by atoms with Crippen molar-refractivity contribution in [3.63, 3.8) is 0 Å². The van der Waals surface area contributed by atoms with E-state index in [1.807, 2.05) is 0 Å². The second-order valence-electron chi connectivity index (χ2n) is 6.10. The number of amides is 1. The second-order valence-corrected chi connectivity index (χ2v) is 8.16. The molecular formula is C20H15ClN2O5S. The molecule has 0 aromatic heterocycles. The van der Waals surface area contributed by atoms with Crippen molar-refractivity contribution < 1.29 is 22.7 Å². The summed E-state index contributed by atoms with van der Waals surface area (Å²) in [6.07, 6.45) is 0. The van der Waals surface area contributed by atoms with Crippen LogP contribution in [0.1, 0.15) is 10.4 Å². The normalized spacial score (nSPS) is 12.4. The summed E-state index contributed by atoms with van der Waals surface area (Å²) in [5.41, 5.74) is 0.773. The van der Waals surface area contributed by atoms with Crippen LogP contribution in [0.25, 0.3) is 0 Å². The van der Waals surface area contributed by atoms with Crippen molar-refractivity contribution in [3.05, 3.63) is 77.3 Å². The van der Waals surface area contributed by atoms with Gasteiger partial charge in [0.25, 0.3) is 15.9 Å². The predicted molar refractivity (Wildman–Crippen MR) is 109 cm³/mol. The van der Waals surface area contributed by atoms with Crippen LogP contribution in [0, 0.1) is 0 Å². The first kappa shape index (κ1) is 19.1. The van der Waals surface area contributed by atoms with Crippen LogP contribution in [0.5, 0.6) is 11.5 Å². The first-order valence-corrected chi connectivity index (χ1v) is 10.4. The standard InChI is InChI=1S/C20H15ClN2O5S/c21-15-6-2-4-8-19(15)29(25,26)23-16-7-3-1-5-14(16)20(24)22-13-9-10-17-18(11-13)28-12-27-17/h1-11,23H,12H2,(H,22,24). The molecule has 3 aromatic carbocycles. The number of carbonyl (C=O) groups is 1. The number of ether oxygens (including phenoxy) is 2. The van der Waals surface area contributed by atoms with Crippen LogP contribution in [0.2, 0.25) is 5.02 Å². The molecule has 0 spiro atoms. The molecular weight excluding hydrogens is 416 g/mol. The van der Waals surface area contributed by atoms with Gasteiger partial charge in [0.2, 0.25) is 6.79 Å². The van der Waals surface area contributed by atoms with Gasteiger partial charge in [0.05, 0.1) is 16.3 Å². The molecule has 0 atom stereocenters. The van der Waals surface area contributed by atoms with Gasteiger partial charge >= 0.3 is 0 Å². The zero-order valence-electron chi connectivity index (χ0n) is 14.9. The lowest BCUT2D eigenvalue weighted by Gasteiger charge is -2.13. The Balaban J connectivity index is 1.60. The summed E-state index contributed by atoms with van der Waals surface area (Å²) < 4.78 is 38.4. The van der Waals surface area contributed by atoms with Gasteiger partial charge in [-0.15, -0.1) is 0 Å². The van der Waals surface area contributed by atoms with Crippen LogP contribution in [0.4, 0.5) is 11.4 Å². The van der Waals surface area contributed by atoms with Crippen molar-refractivity contribution >= 4 is 38.9 Å². The van der Waals surface area contributed by atoms with Gasteiger partial charge < -0.3 is 14.8 Å². The lowest BCUT2D eigenvalue weighted by molar-refractivity contribution is 0.102. The fraction of sp³-hybridized carbons (Fsp3) is 0.0500. The molecule has 0 aliphatic carbocycles. The van der Waals surface area contributed by atoms with E-state index in [9.17, 15) is 13.2 Å². The Kier molecular flexibility index (Phi) is 5.04. The Morgan fingerprint density at radius 1 is 0.931 bits per heavy atom. The molecule has 4 rings (SSSR count). The minimum atomic E-state index is -3.98. The average Bonchev–Trinajstić information content (AvgIpc) is 3.16. The summed E-state index contributed by atoms with van der Waals surface area (Å²) in [4.78, 5) is 12.7. The van der Waals surface area contributed by atoms with Crippen LogP contribution < -0.4 is 19.5 Å². The number of benzene rings is 3. The van der Waals surface area contributed by atoms with Gasteiger partial charge in [-0.25, -0.2) is 8.42 Å². The third-order valence-electron chi connectivity index (χ3n) is 4.17. The number of carbonyl (C=O) groups excluding carboxylic acids is 1. The van der Waals surface area contributed by atoms with Crippen LogP contribution in [0.15, 0.2) is 71.6 Å². The maximum Gasteiger partial charge on any atom is 0.263 e. The van der Waals surface area contributed by atoms with Gasteiger partial charge in [0.1, 0.15) is 4.90 Å². The topological polar surface area (TPSA) is 93.7 Å². The van der Waals surface area contributed by atoms with Crippen molar-refractivity contribution in [2.45, 2.75) is 4.90 Å². The van der Waals surface area contributed by atoms with Gasteiger partial charge in [0.15, 0.2) is 11.5 Å². The molecule has 2 N–H and O–H groups in total. The van der Waals surface area contributed by atoms with E-state index in [2.05, 4.69) is 10.0 Å². The van der Waals surface area contributed by atoms with Gasteiger partial charge in [0, 0.05) is 11.8 Å². The van der Waals surface area contributed by atoms with Crippen LogP contribution in [-0.2, 0) is 10.0 Å². The fourth-order valence-corrected chi connectivity index (χ4v) is 4.41. The van der Waals surface area contributed by atoms with Crippen molar-refractivity contribution in [1.82, 2.24) is 0 Å². The third-order valence-corrected chi connectivity index (χ3v) is 6.04. The Morgan fingerprint density at radius 2 is 1.66 bits per heavy atom. The molecule has 7 nitrogen and oxygen atoms in total. The van der Waals surface area contributed by atoms with Gasteiger partial charge in [-0.3, -0.25) is 9.52 Å². The minimum absolute atomic E-state index is 0.0763. The van der Waals surface area contributed by atoms with Gasteiger partial charge in [-0.2, -0.15) is 0 Å². The molecule has 0 saturated carbocycles. The van der Waals surface area contributed by atoms with E-state index in [0.717, 1.165) is 0 Å². The predicted octanol–water partition coefficient (Wildman–Crippen LogP) is 4.12. The van der Waals surface area contributed by atoms with E-state index in [1.54, 1.807) is 42.5 Å². The SMILES string of the molecule is O=C(Nc1ccc2c(c1)OCO2)c1ccccc1NS(=O)(=O)c1ccccc1Cl. The third kappa shape index (κ3) is 3.98. The largest absolute Gasteiger partial charge is 0.454 e. The number of para-hydroxylation sites is 1.